The number of amides is 1. The Bertz CT molecular complexity index is 586. The van der Waals surface area contributed by atoms with Crippen LogP contribution in [0.2, 0.25) is 0 Å². The van der Waals surface area contributed by atoms with Crippen molar-refractivity contribution in [2.24, 2.45) is 0 Å². The number of carbonyl (C=O) groups is 1. The number of hydrogen-bond acceptors (Lipinski definition) is 4. The van der Waals surface area contributed by atoms with Gasteiger partial charge in [0.1, 0.15) is 6.10 Å². The van der Waals surface area contributed by atoms with E-state index in [0.29, 0.717) is 6.54 Å². The molecule has 0 saturated heterocycles. The Labute approximate surface area is 139 Å². The Balaban J connectivity index is 1.70. The van der Waals surface area contributed by atoms with E-state index >= 15 is 0 Å². The minimum absolute atomic E-state index is 0.0722. The van der Waals surface area contributed by atoms with Crippen LogP contribution in [0.4, 0.5) is 0 Å². The molecule has 0 radical (unpaired) electrons. The van der Waals surface area contributed by atoms with Gasteiger partial charge >= 0.3 is 0 Å². The van der Waals surface area contributed by atoms with Crippen LogP contribution < -0.4 is 5.32 Å². The molecule has 1 N–H and O–H groups in total. The van der Waals surface area contributed by atoms with Crippen molar-refractivity contribution >= 4 is 28.6 Å². The molecule has 118 valence electrons. The average molecular weight is 335 g/mol. The van der Waals surface area contributed by atoms with Gasteiger partial charge in [-0.05, 0) is 46.7 Å². The fraction of sp³-hybridized carbons (Fsp3) is 0.471. The van der Waals surface area contributed by atoms with Gasteiger partial charge in [-0.3, -0.25) is 4.79 Å². The standard InChI is InChI=1S/C17H21NO2S2/c1-20-14(13-6-10-21-12-13)11-18-16(19)17(7-2-3-8-17)15-5-4-9-22-15/h4-6,9-10,12,14H,2-3,7-8,11H2,1H3,(H,18,19). The van der Waals surface area contributed by atoms with E-state index in [9.17, 15) is 4.79 Å². The molecule has 5 heteroatoms. The summed E-state index contributed by atoms with van der Waals surface area (Å²) in [5.74, 6) is 0.157. The molecule has 0 spiro atoms. The van der Waals surface area contributed by atoms with Crippen LogP contribution in [0.3, 0.4) is 0 Å². The molecule has 1 fully saturated rings. The van der Waals surface area contributed by atoms with E-state index in [4.69, 9.17) is 4.74 Å². The Morgan fingerprint density at radius 3 is 2.77 bits per heavy atom. The normalized spacial score (nSPS) is 18.2. The Hall–Kier alpha value is -1.17. The predicted octanol–water partition coefficient (Wildman–Crippen LogP) is 4.13. The van der Waals surface area contributed by atoms with Crippen molar-refractivity contribution in [1.82, 2.24) is 5.32 Å². The molecule has 0 bridgehead atoms. The molecule has 3 nitrogen and oxygen atoms in total. The van der Waals surface area contributed by atoms with Crippen molar-refractivity contribution in [2.75, 3.05) is 13.7 Å². The summed E-state index contributed by atoms with van der Waals surface area (Å²) >= 11 is 3.34. The van der Waals surface area contributed by atoms with Crippen molar-refractivity contribution in [3.05, 3.63) is 44.8 Å². The quantitative estimate of drug-likeness (QED) is 0.862. The molecular formula is C17H21NO2S2. The largest absolute Gasteiger partial charge is 0.375 e. The van der Waals surface area contributed by atoms with Gasteiger partial charge in [-0.25, -0.2) is 0 Å². The number of rotatable bonds is 6. The van der Waals surface area contributed by atoms with Gasteiger partial charge in [0, 0.05) is 18.5 Å². The lowest BCUT2D eigenvalue weighted by Crippen LogP contribution is -2.43. The molecular weight excluding hydrogens is 314 g/mol. The molecule has 2 aromatic heterocycles. The van der Waals surface area contributed by atoms with Crippen molar-refractivity contribution in [2.45, 2.75) is 37.2 Å². The van der Waals surface area contributed by atoms with E-state index in [1.807, 2.05) is 11.4 Å². The summed E-state index contributed by atoms with van der Waals surface area (Å²) < 4.78 is 5.53. The molecule has 0 aliphatic heterocycles. The third kappa shape index (κ3) is 2.98. The average Bonchev–Trinajstić information content (AvgIpc) is 3.27. The van der Waals surface area contributed by atoms with Gasteiger partial charge in [0.15, 0.2) is 0 Å². The van der Waals surface area contributed by atoms with E-state index in [0.717, 1.165) is 31.2 Å². The van der Waals surface area contributed by atoms with Crippen LogP contribution in [0, 0.1) is 0 Å². The van der Waals surface area contributed by atoms with Gasteiger partial charge < -0.3 is 10.1 Å². The van der Waals surface area contributed by atoms with Crippen LogP contribution >= 0.6 is 22.7 Å². The predicted molar refractivity (Wildman–Crippen MR) is 91.5 cm³/mol. The zero-order chi connectivity index (χ0) is 15.4. The maximum absolute atomic E-state index is 12.9. The molecule has 2 heterocycles. The first-order chi connectivity index (χ1) is 10.8. The lowest BCUT2D eigenvalue weighted by atomic mass is 9.83. The second-order valence-electron chi connectivity index (χ2n) is 5.76. The lowest BCUT2D eigenvalue weighted by Gasteiger charge is -2.27. The maximum Gasteiger partial charge on any atom is 0.231 e. The third-order valence-corrected chi connectivity index (χ3v) is 6.31. The summed E-state index contributed by atoms with van der Waals surface area (Å²) in [5, 5.41) is 9.31. The van der Waals surface area contributed by atoms with Gasteiger partial charge in [-0.1, -0.05) is 18.9 Å². The van der Waals surface area contributed by atoms with E-state index < -0.39 is 0 Å². The number of hydrogen-bond donors (Lipinski definition) is 1. The Kier molecular flexibility index (Phi) is 4.96. The maximum atomic E-state index is 12.9. The molecule has 1 unspecified atom stereocenters. The number of ether oxygens (including phenoxy) is 1. The molecule has 0 aromatic carbocycles. The first-order valence-electron chi connectivity index (χ1n) is 7.63. The number of methoxy groups -OCH3 is 1. The highest BCUT2D eigenvalue weighted by Crippen LogP contribution is 2.43. The van der Waals surface area contributed by atoms with Gasteiger partial charge in [0.25, 0.3) is 0 Å². The second kappa shape index (κ2) is 6.94. The smallest absolute Gasteiger partial charge is 0.231 e. The molecule has 1 aliphatic carbocycles. The highest BCUT2D eigenvalue weighted by atomic mass is 32.1. The van der Waals surface area contributed by atoms with E-state index in [1.54, 1.807) is 29.8 Å². The summed E-state index contributed by atoms with van der Waals surface area (Å²) in [5.41, 5.74) is 0.811. The van der Waals surface area contributed by atoms with Gasteiger partial charge in [0.2, 0.25) is 5.91 Å². The number of nitrogens with one attached hydrogen (secondary N) is 1. The monoisotopic (exact) mass is 335 g/mol. The topological polar surface area (TPSA) is 38.3 Å². The number of thiophene rings is 2. The summed E-state index contributed by atoms with van der Waals surface area (Å²) in [7, 11) is 1.69. The summed E-state index contributed by atoms with van der Waals surface area (Å²) in [4.78, 5) is 14.1. The summed E-state index contributed by atoms with van der Waals surface area (Å²) in [6.45, 7) is 0.527. The molecule has 1 atom stereocenters. The number of carbonyl (C=O) groups excluding carboxylic acids is 1. The zero-order valence-electron chi connectivity index (χ0n) is 12.7. The van der Waals surface area contributed by atoms with Gasteiger partial charge in [-0.15, -0.1) is 11.3 Å². The minimum atomic E-state index is -0.318. The van der Waals surface area contributed by atoms with Crippen LogP contribution in [-0.2, 0) is 14.9 Å². The molecule has 2 aromatic rings. The fourth-order valence-corrected chi connectivity index (χ4v) is 4.95. The highest BCUT2D eigenvalue weighted by molar-refractivity contribution is 7.10. The van der Waals surface area contributed by atoms with Gasteiger partial charge in [0.05, 0.1) is 5.41 Å². The first kappa shape index (κ1) is 15.7. The van der Waals surface area contributed by atoms with Crippen LogP contribution in [0.25, 0.3) is 0 Å². The molecule has 3 rings (SSSR count). The summed E-state index contributed by atoms with van der Waals surface area (Å²) in [6.07, 6.45) is 4.09. The zero-order valence-corrected chi connectivity index (χ0v) is 14.3. The van der Waals surface area contributed by atoms with E-state index in [2.05, 4.69) is 28.2 Å². The molecule has 22 heavy (non-hydrogen) atoms. The van der Waals surface area contributed by atoms with E-state index in [1.165, 1.54) is 4.88 Å². The molecule has 1 aliphatic rings. The van der Waals surface area contributed by atoms with E-state index in [-0.39, 0.29) is 17.4 Å². The van der Waals surface area contributed by atoms with Crippen LogP contribution in [0.5, 0.6) is 0 Å². The first-order valence-corrected chi connectivity index (χ1v) is 9.46. The minimum Gasteiger partial charge on any atom is -0.375 e. The SMILES string of the molecule is COC(CNC(=O)C1(c2cccs2)CCCC1)c1ccsc1. The highest BCUT2D eigenvalue weighted by Gasteiger charge is 2.43. The van der Waals surface area contributed by atoms with Crippen molar-refractivity contribution in [3.8, 4) is 0 Å². The Morgan fingerprint density at radius 2 is 2.18 bits per heavy atom. The van der Waals surface area contributed by atoms with Crippen molar-refractivity contribution < 1.29 is 9.53 Å². The van der Waals surface area contributed by atoms with Crippen LogP contribution in [0.1, 0.15) is 42.2 Å². The lowest BCUT2D eigenvalue weighted by molar-refractivity contribution is -0.127. The molecule has 1 amide bonds. The second-order valence-corrected chi connectivity index (χ2v) is 7.49. The van der Waals surface area contributed by atoms with Crippen LogP contribution in [-0.4, -0.2) is 19.6 Å². The third-order valence-electron chi connectivity index (χ3n) is 4.53. The van der Waals surface area contributed by atoms with Crippen LogP contribution in [0.15, 0.2) is 34.3 Å². The van der Waals surface area contributed by atoms with Crippen molar-refractivity contribution in [1.29, 1.82) is 0 Å². The molecule has 1 saturated carbocycles. The Morgan fingerprint density at radius 1 is 1.36 bits per heavy atom. The van der Waals surface area contributed by atoms with Crippen molar-refractivity contribution in [3.63, 3.8) is 0 Å². The summed E-state index contributed by atoms with van der Waals surface area (Å²) in [6, 6.07) is 6.19. The fourth-order valence-electron chi connectivity index (χ4n) is 3.26. The van der Waals surface area contributed by atoms with Gasteiger partial charge in [-0.2, -0.15) is 11.3 Å².